The van der Waals surface area contributed by atoms with Crippen molar-refractivity contribution >= 4 is 39.1 Å². The highest BCUT2D eigenvalue weighted by Gasteiger charge is 2.16. The van der Waals surface area contributed by atoms with Crippen LogP contribution in [0.3, 0.4) is 0 Å². The fourth-order valence-corrected chi connectivity index (χ4v) is 2.65. The molecule has 2 rings (SSSR count). The molecule has 0 saturated heterocycles. The normalized spacial score (nSPS) is 11.0. The predicted molar refractivity (Wildman–Crippen MR) is 90.6 cm³/mol. The number of hydrogen-bond acceptors (Lipinski definition) is 4. The lowest BCUT2D eigenvalue weighted by molar-refractivity contribution is 0.0962. The lowest BCUT2D eigenvalue weighted by atomic mass is 10.1. The molecule has 0 heterocycles. The second-order valence-electron chi connectivity index (χ2n) is 4.80. The summed E-state index contributed by atoms with van der Waals surface area (Å²) in [5.41, 5.74) is 0.827. The van der Waals surface area contributed by atoms with Crippen LogP contribution < -0.4 is 15.8 Å². The third kappa shape index (κ3) is 4.10. The fourth-order valence-electron chi connectivity index (χ4n) is 1.90. The van der Waals surface area contributed by atoms with E-state index in [0.717, 1.165) is 6.07 Å². The van der Waals surface area contributed by atoms with Crippen molar-refractivity contribution in [1.29, 1.82) is 0 Å². The number of carbonyl (C=O) groups excluding carboxylic acids is 2. The zero-order valence-corrected chi connectivity index (χ0v) is 14.1. The SMILES string of the molecule is CNC(=O)c1ccc(NC(=O)c2cc(S(N)(=O)=O)ccc2Cl)cc1. The van der Waals surface area contributed by atoms with Gasteiger partial charge < -0.3 is 10.6 Å². The number of carbonyl (C=O) groups is 2. The Morgan fingerprint density at radius 2 is 1.67 bits per heavy atom. The summed E-state index contributed by atoms with van der Waals surface area (Å²) in [6.07, 6.45) is 0. The summed E-state index contributed by atoms with van der Waals surface area (Å²) in [7, 11) is -2.44. The maximum absolute atomic E-state index is 12.3. The van der Waals surface area contributed by atoms with Crippen LogP contribution in [0, 0.1) is 0 Å². The largest absolute Gasteiger partial charge is 0.355 e. The predicted octanol–water partition coefficient (Wildman–Crippen LogP) is 1.60. The minimum atomic E-state index is -3.95. The summed E-state index contributed by atoms with van der Waals surface area (Å²) in [5.74, 6) is -0.852. The fraction of sp³-hybridized carbons (Fsp3) is 0.0667. The summed E-state index contributed by atoms with van der Waals surface area (Å²) in [4.78, 5) is 23.5. The van der Waals surface area contributed by atoms with Crippen molar-refractivity contribution in [3.8, 4) is 0 Å². The van der Waals surface area contributed by atoms with Crippen LogP contribution in [0.25, 0.3) is 0 Å². The molecule has 0 aliphatic rings. The topological polar surface area (TPSA) is 118 Å². The number of nitrogens with two attached hydrogens (primary N) is 1. The Labute approximate surface area is 143 Å². The maximum Gasteiger partial charge on any atom is 0.257 e. The van der Waals surface area contributed by atoms with E-state index in [2.05, 4.69) is 10.6 Å². The number of sulfonamides is 1. The van der Waals surface area contributed by atoms with Gasteiger partial charge in [0.05, 0.1) is 15.5 Å². The summed E-state index contributed by atoms with van der Waals surface area (Å²) >= 11 is 5.94. The van der Waals surface area contributed by atoms with E-state index >= 15 is 0 Å². The quantitative estimate of drug-likeness (QED) is 0.760. The second kappa shape index (κ2) is 7.00. The Hall–Kier alpha value is -2.42. The van der Waals surface area contributed by atoms with Gasteiger partial charge in [0, 0.05) is 18.3 Å². The van der Waals surface area contributed by atoms with Crippen LogP contribution >= 0.6 is 11.6 Å². The van der Waals surface area contributed by atoms with Crippen LogP contribution in [0.4, 0.5) is 5.69 Å². The summed E-state index contributed by atoms with van der Waals surface area (Å²) in [6.45, 7) is 0. The van der Waals surface area contributed by atoms with E-state index < -0.39 is 15.9 Å². The Kier molecular flexibility index (Phi) is 5.23. The molecule has 0 fully saturated rings. The van der Waals surface area contributed by atoms with Crippen molar-refractivity contribution in [1.82, 2.24) is 5.32 Å². The molecule has 126 valence electrons. The van der Waals surface area contributed by atoms with E-state index in [1.807, 2.05) is 0 Å². The molecule has 0 aliphatic heterocycles. The van der Waals surface area contributed by atoms with Crippen LogP contribution in [-0.2, 0) is 10.0 Å². The number of primary sulfonamides is 1. The van der Waals surface area contributed by atoms with Crippen molar-refractivity contribution in [3.05, 3.63) is 58.6 Å². The van der Waals surface area contributed by atoms with Crippen molar-refractivity contribution < 1.29 is 18.0 Å². The van der Waals surface area contributed by atoms with Gasteiger partial charge >= 0.3 is 0 Å². The van der Waals surface area contributed by atoms with Crippen LogP contribution in [0.15, 0.2) is 47.4 Å². The van der Waals surface area contributed by atoms with Gasteiger partial charge in [-0.2, -0.15) is 0 Å². The lowest BCUT2D eigenvalue weighted by Crippen LogP contribution is -2.18. The summed E-state index contributed by atoms with van der Waals surface area (Å²) < 4.78 is 22.7. The molecule has 2 aromatic carbocycles. The maximum atomic E-state index is 12.3. The molecule has 7 nitrogen and oxygen atoms in total. The first-order valence-corrected chi connectivity index (χ1v) is 8.60. The number of rotatable bonds is 4. The molecule has 2 amide bonds. The van der Waals surface area contributed by atoms with Crippen LogP contribution in [0.2, 0.25) is 5.02 Å². The first-order chi connectivity index (χ1) is 11.2. The Balaban J connectivity index is 2.25. The average Bonchev–Trinajstić information content (AvgIpc) is 2.54. The van der Waals surface area contributed by atoms with E-state index in [1.54, 1.807) is 12.1 Å². The van der Waals surface area contributed by atoms with Gasteiger partial charge in [-0.3, -0.25) is 9.59 Å². The van der Waals surface area contributed by atoms with Crippen LogP contribution in [0.1, 0.15) is 20.7 Å². The molecular weight excluding hydrogens is 354 g/mol. The number of hydrogen-bond donors (Lipinski definition) is 3. The summed E-state index contributed by atoms with van der Waals surface area (Å²) in [6, 6.07) is 9.76. The minimum Gasteiger partial charge on any atom is -0.355 e. The molecule has 0 atom stereocenters. The highest BCUT2D eigenvalue weighted by molar-refractivity contribution is 7.89. The highest BCUT2D eigenvalue weighted by atomic mass is 35.5. The van der Waals surface area contributed by atoms with Gasteiger partial charge in [0.15, 0.2) is 0 Å². The molecule has 24 heavy (non-hydrogen) atoms. The zero-order valence-electron chi connectivity index (χ0n) is 12.5. The molecule has 0 saturated carbocycles. The van der Waals surface area contributed by atoms with Gasteiger partial charge in [0.2, 0.25) is 10.0 Å². The number of amides is 2. The molecule has 0 radical (unpaired) electrons. The molecule has 0 unspecified atom stereocenters. The first kappa shape index (κ1) is 17.9. The molecule has 0 bridgehead atoms. The monoisotopic (exact) mass is 367 g/mol. The molecule has 2 aromatic rings. The van der Waals surface area contributed by atoms with Crippen molar-refractivity contribution in [2.75, 3.05) is 12.4 Å². The van der Waals surface area contributed by atoms with Gasteiger partial charge in [-0.1, -0.05) is 11.6 Å². The summed E-state index contributed by atoms with van der Waals surface area (Å²) in [5, 5.41) is 10.2. The molecule has 4 N–H and O–H groups in total. The standard InChI is InChI=1S/C15H14ClN3O4S/c1-18-14(20)9-2-4-10(5-3-9)19-15(21)12-8-11(24(17,22)23)6-7-13(12)16/h2-8H,1H3,(H,18,20)(H,19,21)(H2,17,22,23). The number of nitrogens with one attached hydrogen (secondary N) is 2. The molecule has 0 aromatic heterocycles. The molecule has 0 aliphatic carbocycles. The molecular formula is C15H14ClN3O4S. The second-order valence-corrected chi connectivity index (χ2v) is 6.77. The van der Waals surface area contributed by atoms with Gasteiger partial charge in [0.1, 0.15) is 0 Å². The lowest BCUT2D eigenvalue weighted by Gasteiger charge is -2.09. The van der Waals surface area contributed by atoms with E-state index in [4.69, 9.17) is 16.7 Å². The van der Waals surface area contributed by atoms with Gasteiger partial charge in [0.25, 0.3) is 11.8 Å². The number of benzene rings is 2. The molecule has 0 spiro atoms. The van der Waals surface area contributed by atoms with Gasteiger partial charge in [-0.05, 0) is 42.5 Å². The van der Waals surface area contributed by atoms with Crippen molar-refractivity contribution in [2.45, 2.75) is 4.90 Å². The average molecular weight is 368 g/mol. The van der Waals surface area contributed by atoms with E-state index in [0.29, 0.717) is 11.3 Å². The van der Waals surface area contributed by atoms with E-state index in [-0.39, 0.29) is 21.4 Å². The van der Waals surface area contributed by atoms with Gasteiger partial charge in [-0.25, -0.2) is 13.6 Å². The Morgan fingerprint density at radius 3 is 2.21 bits per heavy atom. The third-order valence-corrected chi connectivity index (χ3v) is 4.38. The van der Waals surface area contributed by atoms with Crippen LogP contribution in [0.5, 0.6) is 0 Å². The van der Waals surface area contributed by atoms with E-state index in [9.17, 15) is 18.0 Å². The smallest absolute Gasteiger partial charge is 0.257 e. The number of anilines is 1. The van der Waals surface area contributed by atoms with Crippen LogP contribution in [-0.4, -0.2) is 27.3 Å². The van der Waals surface area contributed by atoms with Crippen molar-refractivity contribution in [2.24, 2.45) is 5.14 Å². The minimum absolute atomic E-state index is 0.0291. The molecule has 9 heteroatoms. The Morgan fingerprint density at radius 1 is 1.04 bits per heavy atom. The van der Waals surface area contributed by atoms with E-state index in [1.165, 1.54) is 31.3 Å². The number of halogens is 1. The third-order valence-electron chi connectivity index (χ3n) is 3.14. The highest BCUT2D eigenvalue weighted by Crippen LogP contribution is 2.21. The Bertz CT molecular complexity index is 895. The van der Waals surface area contributed by atoms with Crippen molar-refractivity contribution in [3.63, 3.8) is 0 Å². The van der Waals surface area contributed by atoms with Gasteiger partial charge in [-0.15, -0.1) is 0 Å². The first-order valence-electron chi connectivity index (χ1n) is 6.68. The zero-order chi connectivity index (χ0) is 17.9.